The zero-order valence-electron chi connectivity index (χ0n) is 15.4. The second-order valence-corrected chi connectivity index (χ2v) is 6.82. The minimum atomic E-state index is -4.37. The molecule has 1 amide bonds. The van der Waals surface area contributed by atoms with Gasteiger partial charge in [-0.15, -0.1) is 0 Å². The van der Waals surface area contributed by atoms with Gasteiger partial charge >= 0.3 is 6.18 Å². The van der Waals surface area contributed by atoms with E-state index >= 15 is 0 Å². The lowest BCUT2D eigenvalue weighted by molar-refractivity contribution is -0.137. The summed E-state index contributed by atoms with van der Waals surface area (Å²) in [5.74, 6) is -0.670. The highest BCUT2D eigenvalue weighted by molar-refractivity contribution is 5.93. The van der Waals surface area contributed by atoms with E-state index in [1.54, 1.807) is 19.1 Å². The van der Waals surface area contributed by atoms with Crippen LogP contribution < -0.4 is 10.2 Å². The summed E-state index contributed by atoms with van der Waals surface area (Å²) in [6.45, 7) is 4.06. The second-order valence-electron chi connectivity index (χ2n) is 6.82. The third-order valence-electron chi connectivity index (χ3n) is 4.75. The van der Waals surface area contributed by atoms with Gasteiger partial charge in [-0.1, -0.05) is 12.1 Å². The van der Waals surface area contributed by atoms with Crippen molar-refractivity contribution in [2.45, 2.75) is 13.1 Å². The van der Waals surface area contributed by atoms with Crippen LogP contribution in [-0.2, 0) is 11.0 Å². The molecule has 0 spiro atoms. The molecule has 1 fully saturated rings. The van der Waals surface area contributed by atoms with E-state index in [2.05, 4.69) is 5.32 Å². The number of alkyl halides is 3. The van der Waals surface area contributed by atoms with E-state index in [0.717, 1.165) is 17.7 Å². The SMILES string of the molecule is Cc1ccc(F)cc1NC(=O)CN1CCN(c2cccc(C(F)(F)F)c2)CC1. The zero-order chi connectivity index (χ0) is 20.3. The van der Waals surface area contributed by atoms with Gasteiger partial charge in [0.1, 0.15) is 5.82 Å². The molecule has 0 aliphatic carbocycles. The third-order valence-corrected chi connectivity index (χ3v) is 4.75. The average Bonchev–Trinajstić information content (AvgIpc) is 2.65. The van der Waals surface area contributed by atoms with Gasteiger partial charge in [0.25, 0.3) is 0 Å². The van der Waals surface area contributed by atoms with Crippen molar-refractivity contribution < 1.29 is 22.4 Å². The summed E-state index contributed by atoms with van der Waals surface area (Å²) >= 11 is 0. The number of halogens is 4. The summed E-state index contributed by atoms with van der Waals surface area (Å²) < 4.78 is 52.0. The van der Waals surface area contributed by atoms with E-state index in [4.69, 9.17) is 0 Å². The Hall–Kier alpha value is -2.61. The molecule has 4 nitrogen and oxygen atoms in total. The lowest BCUT2D eigenvalue weighted by atomic mass is 10.1. The van der Waals surface area contributed by atoms with Crippen LogP contribution in [0.2, 0.25) is 0 Å². The Bertz CT molecular complexity index is 846. The summed E-state index contributed by atoms with van der Waals surface area (Å²) in [5, 5.41) is 2.71. The lowest BCUT2D eigenvalue weighted by Crippen LogP contribution is -2.48. The number of nitrogens with zero attached hydrogens (tertiary/aromatic N) is 2. The van der Waals surface area contributed by atoms with Gasteiger partial charge in [0.2, 0.25) is 5.91 Å². The number of aryl methyl sites for hydroxylation is 1. The van der Waals surface area contributed by atoms with Gasteiger partial charge < -0.3 is 10.2 Å². The van der Waals surface area contributed by atoms with Crippen molar-refractivity contribution >= 4 is 17.3 Å². The maximum Gasteiger partial charge on any atom is 0.416 e. The molecule has 0 bridgehead atoms. The maximum absolute atomic E-state index is 13.3. The number of benzene rings is 2. The fourth-order valence-corrected chi connectivity index (χ4v) is 3.16. The highest BCUT2D eigenvalue weighted by atomic mass is 19.4. The zero-order valence-corrected chi connectivity index (χ0v) is 15.4. The monoisotopic (exact) mass is 395 g/mol. The Morgan fingerprint density at radius 2 is 1.79 bits per heavy atom. The smallest absolute Gasteiger partial charge is 0.369 e. The number of anilines is 2. The van der Waals surface area contributed by atoms with E-state index in [9.17, 15) is 22.4 Å². The van der Waals surface area contributed by atoms with E-state index in [1.807, 2.05) is 9.80 Å². The normalized spacial score (nSPS) is 15.5. The van der Waals surface area contributed by atoms with Crippen LogP contribution in [0, 0.1) is 12.7 Å². The Balaban J connectivity index is 1.54. The van der Waals surface area contributed by atoms with Gasteiger partial charge in [-0.25, -0.2) is 4.39 Å². The van der Waals surface area contributed by atoms with Crippen molar-refractivity contribution in [3.63, 3.8) is 0 Å². The Labute approximate surface area is 160 Å². The van der Waals surface area contributed by atoms with E-state index in [0.29, 0.717) is 37.6 Å². The average molecular weight is 395 g/mol. The first-order valence-corrected chi connectivity index (χ1v) is 8.93. The number of carbonyl (C=O) groups excluding carboxylic acids is 1. The molecular formula is C20H21F4N3O. The van der Waals surface area contributed by atoms with Crippen LogP contribution in [0.5, 0.6) is 0 Å². The van der Waals surface area contributed by atoms with Gasteiger partial charge in [-0.05, 0) is 42.8 Å². The van der Waals surface area contributed by atoms with Crippen molar-refractivity contribution in [1.82, 2.24) is 4.90 Å². The Morgan fingerprint density at radius 1 is 1.07 bits per heavy atom. The van der Waals surface area contributed by atoms with Crippen molar-refractivity contribution in [2.24, 2.45) is 0 Å². The summed E-state index contributed by atoms with van der Waals surface area (Å²) in [6, 6.07) is 9.47. The van der Waals surface area contributed by atoms with Crippen LogP contribution in [0.3, 0.4) is 0 Å². The number of amides is 1. The van der Waals surface area contributed by atoms with Gasteiger partial charge in [-0.2, -0.15) is 13.2 Å². The quantitative estimate of drug-likeness (QED) is 0.798. The summed E-state index contributed by atoms with van der Waals surface area (Å²) in [5.41, 5.74) is 1.06. The van der Waals surface area contributed by atoms with E-state index < -0.39 is 17.6 Å². The van der Waals surface area contributed by atoms with Crippen LogP contribution in [0.1, 0.15) is 11.1 Å². The van der Waals surface area contributed by atoms with Gasteiger partial charge in [0.15, 0.2) is 0 Å². The molecule has 1 aliphatic heterocycles. The van der Waals surface area contributed by atoms with Crippen LogP contribution in [0.15, 0.2) is 42.5 Å². The fourth-order valence-electron chi connectivity index (χ4n) is 3.16. The van der Waals surface area contributed by atoms with Gasteiger partial charge in [0.05, 0.1) is 12.1 Å². The number of rotatable bonds is 4. The number of carbonyl (C=O) groups is 1. The van der Waals surface area contributed by atoms with Crippen LogP contribution in [-0.4, -0.2) is 43.5 Å². The molecule has 28 heavy (non-hydrogen) atoms. The number of hydrogen-bond acceptors (Lipinski definition) is 3. The largest absolute Gasteiger partial charge is 0.416 e. The van der Waals surface area contributed by atoms with Crippen LogP contribution in [0.4, 0.5) is 28.9 Å². The molecule has 0 unspecified atom stereocenters. The molecular weight excluding hydrogens is 374 g/mol. The van der Waals surface area contributed by atoms with Crippen molar-refractivity contribution in [1.29, 1.82) is 0 Å². The van der Waals surface area contributed by atoms with Crippen molar-refractivity contribution in [3.8, 4) is 0 Å². The van der Waals surface area contributed by atoms with Gasteiger partial charge in [-0.3, -0.25) is 9.69 Å². The predicted molar refractivity (Wildman–Crippen MR) is 99.9 cm³/mol. The van der Waals surface area contributed by atoms with E-state index in [1.165, 1.54) is 18.2 Å². The molecule has 0 aromatic heterocycles. The predicted octanol–water partition coefficient (Wildman–Crippen LogP) is 3.91. The molecule has 0 saturated carbocycles. The first-order chi connectivity index (χ1) is 13.2. The van der Waals surface area contributed by atoms with Crippen molar-refractivity contribution in [3.05, 3.63) is 59.4 Å². The standard InChI is InChI=1S/C20H21F4N3O/c1-14-5-6-16(21)12-18(14)25-19(28)13-26-7-9-27(10-8-26)17-4-2-3-15(11-17)20(22,23)24/h2-6,11-12H,7-10,13H2,1H3,(H,25,28). The number of piperazine rings is 1. The molecule has 1 aliphatic rings. The second kappa shape index (κ2) is 8.18. The summed E-state index contributed by atoms with van der Waals surface area (Å²) in [6.07, 6.45) is -4.37. The Kier molecular flexibility index (Phi) is 5.88. The molecule has 1 heterocycles. The van der Waals surface area contributed by atoms with E-state index in [-0.39, 0.29) is 12.5 Å². The Morgan fingerprint density at radius 3 is 2.46 bits per heavy atom. The maximum atomic E-state index is 13.3. The molecule has 1 saturated heterocycles. The molecule has 2 aromatic rings. The first-order valence-electron chi connectivity index (χ1n) is 8.93. The van der Waals surface area contributed by atoms with Gasteiger partial charge in [0, 0.05) is 37.6 Å². The minimum absolute atomic E-state index is 0.145. The topological polar surface area (TPSA) is 35.6 Å². The summed E-state index contributed by atoms with van der Waals surface area (Å²) in [7, 11) is 0. The highest BCUT2D eigenvalue weighted by Gasteiger charge is 2.31. The number of nitrogens with one attached hydrogen (secondary N) is 1. The molecule has 8 heteroatoms. The molecule has 1 N–H and O–H groups in total. The lowest BCUT2D eigenvalue weighted by Gasteiger charge is -2.36. The first kappa shape index (κ1) is 20.1. The van der Waals surface area contributed by atoms with Crippen molar-refractivity contribution in [2.75, 3.05) is 42.9 Å². The molecule has 0 radical (unpaired) electrons. The van der Waals surface area contributed by atoms with Crippen LogP contribution >= 0.6 is 0 Å². The van der Waals surface area contributed by atoms with Crippen LogP contribution in [0.25, 0.3) is 0 Å². The number of hydrogen-bond donors (Lipinski definition) is 1. The molecule has 3 rings (SSSR count). The summed E-state index contributed by atoms with van der Waals surface area (Å²) in [4.78, 5) is 16.0. The fraction of sp³-hybridized carbons (Fsp3) is 0.350. The molecule has 0 atom stereocenters. The minimum Gasteiger partial charge on any atom is -0.369 e. The molecule has 2 aromatic carbocycles. The molecule has 150 valence electrons. The third kappa shape index (κ3) is 5.01. The highest BCUT2D eigenvalue weighted by Crippen LogP contribution is 2.31.